The van der Waals surface area contributed by atoms with Crippen LogP contribution in [0.5, 0.6) is 0 Å². The summed E-state index contributed by atoms with van der Waals surface area (Å²) in [7, 11) is 0. The lowest BCUT2D eigenvalue weighted by atomic mass is 9.61. The van der Waals surface area contributed by atoms with Gasteiger partial charge in [-0.25, -0.2) is 0 Å². The molecule has 0 radical (unpaired) electrons. The van der Waals surface area contributed by atoms with Gasteiger partial charge >= 0.3 is 0 Å². The fourth-order valence-corrected chi connectivity index (χ4v) is 3.98. The molecule has 0 aliphatic heterocycles. The molecule has 1 aliphatic carbocycles. The molecule has 0 N–H and O–H groups in total. The van der Waals surface area contributed by atoms with E-state index in [9.17, 15) is 0 Å². The molecule has 1 atom stereocenters. The summed E-state index contributed by atoms with van der Waals surface area (Å²) in [6.07, 6.45) is 8.22. The maximum Gasteiger partial charge on any atom is 0.0111 e. The molecule has 3 rings (SSSR count). The van der Waals surface area contributed by atoms with Gasteiger partial charge in [0.15, 0.2) is 0 Å². The van der Waals surface area contributed by atoms with Gasteiger partial charge in [0.05, 0.1) is 0 Å². The lowest BCUT2D eigenvalue weighted by Gasteiger charge is -2.42. The highest BCUT2D eigenvalue weighted by Crippen LogP contribution is 2.46. The average Bonchev–Trinajstić information content (AvgIpc) is 2.63. The first-order valence-electron chi connectivity index (χ1n) is 8.92. The predicted octanol–water partition coefficient (Wildman–Crippen LogP) is 6.44. The molecule has 2 aromatic rings. The number of allylic oxidation sites excluding steroid dienone is 4. The van der Waals surface area contributed by atoms with Gasteiger partial charge in [0.1, 0.15) is 0 Å². The quantitative estimate of drug-likeness (QED) is 0.569. The van der Waals surface area contributed by atoms with Crippen LogP contribution < -0.4 is 0 Å². The van der Waals surface area contributed by atoms with Crippen molar-refractivity contribution in [1.82, 2.24) is 0 Å². The third-order valence-electron chi connectivity index (χ3n) is 5.65. The molecule has 0 nitrogen and oxygen atoms in total. The van der Waals surface area contributed by atoms with Crippen LogP contribution in [0, 0.1) is 5.92 Å². The average molecular weight is 316 g/mol. The third kappa shape index (κ3) is 2.98. The van der Waals surface area contributed by atoms with Gasteiger partial charge in [-0.1, -0.05) is 112 Å². The molecule has 0 saturated heterocycles. The van der Waals surface area contributed by atoms with Crippen LogP contribution in [-0.2, 0) is 10.8 Å². The van der Waals surface area contributed by atoms with E-state index in [1.165, 1.54) is 16.7 Å². The van der Waals surface area contributed by atoms with Gasteiger partial charge in [0.2, 0.25) is 0 Å². The monoisotopic (exact) mass is 316 g/mol. The van der Waals surface area contributed by atoms with Gasteiger partial charge in [-0.05, 0) is 23.0 Å². The highest BCUT2D eigenvalue weighted by atomic mass is 14.4. The van der Waals surface area contributed by atoms with E-state index in [4.69, 9.17) is 0 Å². The molecule has 0 aromatic heterocycles. The van der Waals surface area contributed by atoms with Crippen LogP contribution >= 0.6 is 0 Å². The number of benzene rings is 2. The summed E-state index contributed by atoms with van der Waals surface area (Å²) in [6.45, 7) is 9.47. The first-order valence-corrected chi connectivity index (χ1v) is 8.92. The standard InChI is InChI=1S/C24H28/c1-23(2,19-13-7-5-8-14-19)21-17-11-12-18-22(21)24(3,4)20-15-9-6-10-16-20/h5-11,13-18,21H,12H2,1-4H3. The third-order valence-corrected chi connectivity index (χ3v) is 5.65. The van der Waals surface area contributed by atoms with Crippen molar-refractivity contribution in [2.45, 2.75) is 44.9 Å². The van der Waals surface area contributed by atoms with Gasteiger partial charge in [-0.2, -0.15) is 0 Å². The predicted molar refractivity (Wildman–Crippen MR) is 104 cm³/mol. The summed E-state index contributed by atoms with van der Waals surface area (Å²) in [4.78, 5) is 0. The minimum Gasteiger partial charge on any atom is -0.0841 e. The molecule has 0 heteroatoms. The second-order valence-corrected chi connectivity index (χ2v) is 7.88. The summed E-state index contributed by atoms with van der Waals surface area (Å²) in [6, 6.07) is 21.8. The lowest BCUT2D eigenvalue weighted by Crippen LogP contribution is -2.36. The lowest BCUT2D eigenvalue weighted by molar-refractivity contribution is 0.381. The highest BCUT2D eigenvalue weighted by molar-refractivity contribution is 5.43. The van der Waals surface area contributed by atoms with Crippen molar-refractivity contribution in [2.75, 3.05) is 0 Å². The van der Waals surface area contributed by atoms with E-state index in [-0.39, 0.29) is 10.8 Å². The second-order valence-electron chi connectivity index (χ2n) is 7.88. The van der Waals surface area contributed by atoms with Crippen LogP contribution in [0.1, 0.15) is 45.2 Å². The van der Waals surface area contributed by atoms with Gasteiger partial charge in [0, 0.05) is 11.3 Å². The number of hydrogen-bond donors (Lipinski definition) is 0. The van der Waals surface area contributed by atoms with Crippen LogP contribution in [0.25, 0.3) is 0 Å². The molecular formula is C24H28. The maximum absolute atomic E-state index is 2.45. The zero-order valence-electron chi connectivity index (χ0n) is 15.3. The van der Waals surface area contributed by atoms with Crippen molar-refractivity contribution in [3.8, 4) is 0 Å². The molecule has 2 aromatic carbocycles. The second kappa shape index (κ2) is 6.43. The Bertz CT molecular complexity index is 730. The van der Waals surface area contributed by atoms with Gasteiger partial charge in [-0.15, -0.1) is 0 Å². The summed E-state index contributed by atoms with van der Waals surface area (Å²) in [5.74, 6) is 0.406. The Balaban J connectivity index is 2.03. The first kappa shape index (κ1) is 16.8. The fraction of sp³-hybridized carbons (Fsp3) is 0.333. The van der Waals surface area contributed by atoms with Crippen LogP contribution in [-0.4, -0.2) is 0 Å². The number of rotatable bonds is 4. The van der Waals surface area contributed by atoms with E-state index in [1.54, 1.807) is 0 Å². The van der Waals surface area contributed by atoms with E-state index < -0.39 is 0 Å². The Morgan fingerprint density at radius 2 is 1.29 bits per heavy atom. The van der Waals surface area contributed by atoms with Crippen LogP contribution in [0.4, 0.5) is 0 Å². The largest absolute Gasteiger partial charge is 0.0841 e. The van der Waals surface area contributed by atoms with Crippen LogP contribution in [0.3, 0.4) is 0 Å². The minimum absolute atomic E-state index is 0.0305. The van der Waals surface area contributed by atoms with E-state index in [0.29, 0.717) is 5.92 Å². The molecule has 0 amide bonds. The van der Waals surface area contributed by atoms with Crippen molar-refractivity contribution in [3.05, 3.63) is 95.6 Å². The van der Waals surface area contributed by atoms with E-state index >= 15 is 0 Å². The van der Waals surface area contributed by atoms with Crippen molar-refractivity contribution in [1.29, 1.82) is 0 Å². The van der Waals surface area contributed by atoms with Gasteiger partial charge < -0.3 is 0 Å². The Labute approximate surface area is 146 Å². The zero-order valence-corrected chi connectivity index (χ0v) is 15.3. The Morgan fingerprint density at radius 3 is 1.88 bits per heavy atom. The smallest absolute Gasteiger partial charge is 0.0111 e. The first-order chi connectivity index (χ1) is 11.4. The zero-order chi connectivity index (χ0) is 17.2. The summed E-state index contributed by atoms with van der Waals surface area (Å²) >= 11 is 0. The molecule has 0 saturated carbocycles. The maximum atomic E-state index is 2.45. The summed E-state index contributed by atoms with van der Waals surface area (Å²) in [5, 5.41) is 0. The highest BCUT2D eigenvalue weighted by Gasteiger charge is 2.39. The van der Waals surface area contributed by atoms with Crippen LogP contribution in [0.15, 0.2) is 84.5 Å². The van der Waals surface area contributed by atoms with E-state index in [1.807, 2.05) is 0 Å². The molecule has 0 spiro atoms. The molecule has 1 aliphatic rings. The number of hydrogen-bond acceptors (Lipinski definition) is 0. The molecule has 124 valence electrons. The minimum atomic E-state index is 0.0305. The molecule has 0 heterocycles. The van der Waals surface area contributed by atoms with Crippen molar-refractivity contribution < 1.29 is 0 Å². The normalized spacial score (nSPS) is 18.3. The van der Waals surface area contributed by atoms with Crippen LogP contribution in [0.2, 0.25) is 0 Å². The molecule has 24 heavy (non-hydrogen) atoms. The molecule has 1 unspecified atom stereocenters. The Kier molecular flexibility index (Phi) is 4.49. The van der Waals surface area contributed by atoms with Crippen molar-refractivity contribution in [2.24, 2.45) is 5.92 Å². The molecular weight excluding hydrogens is 288 g/mol. The Hall–Kier alpha value is -2.08. The molecule has 0 bridgehead atoms. The Morgan fingerprint density at radius 1 is 0.750 bits per heavy atom. The van der Waals surface area contributed by atoms with E-state index in [2.05, 4.69) is 107 Å². The van der Waals surface area contributed by atoms with Crippen molar-refractivity contribution in [3.63, 3.8) is 0 Å². The topological polar surface area (TPSA) is 0 Å². The summed E-state index contributed by atoms with van der Waals surface area (Å²) < 4.78 is 0. The van der Waals surface area contributed by atoms with Crippen molar-refractivity contribution >= 4 is 0 Å². The van der Waals surface area contributed by atoms with Gasteiger partial charge in [-0.3, -0.25) is 0 Å². The summed E-state index contributed by atoms with van der Waals surface area (Å²) in [5.41, 5.74) is 4.42. The van der Waals surface area contributed by atoms with Gasteiger partial charge in [0.25, 0.3) is 0 Å². The fourth-order valence-electron chi connectivity index (χ4n) is 3.98. The SMILES string of the molecule is CC(C)(C1=CCC=CC1C(C)(C)c1ccccc1)c1ccccc1. The molecule has 0 fully saturated rings. The van der Waals surface area contributed by atoms with E-state index in [0.717, 1.165) is 6.42 Å².